The minimum atomic E-state index is 0. The van der Waals surface area contributed by atoms with Crippen molar-refractivity contribution in [3.63, 3.8) is 0 Å². The smallest absolute Gasteiger partial charge is 0.168 e. The van der Waals surface area contributed by atoms with E-state index in [4.69, 9.17) is 18.9 Å². The van der Waals surface area contributed by atoms with Crippen LogP contribution in [0.25, 0.3) is 6.08 Å². The zero-order chi connectivity index (χ0) is 16.9. The van der Waals surface area contributed by atoms with Crippen molar-refractivity contribution in [3.05, 3.63) is 29.3 Å². The molecule has 1 atom stereocenters. The molecule has 0 spiro atoms. The quantitative estimate of drug-likeness (QED) is 0.834. The standard InChI is InChI=1S/C19H26N2O4.ClH/c1-2-16-10-15(12-21-5-8-22-9-6-21)13-25-19(16)18(3-1)24-14-17-11-20-4-7-23-17;/h1-3,10,17,20H,4-9,11-14H2;1H/t17-;/m0./s1. The van der Waals surface area contributed by atoms with E-state index in [2.05, 4.69) is 22.4 Å². The molecule has 0 amide bonds. The van der Waals surface area contributed by atoms with Crippen molar-refractivity contribution in [2.45, 2.75) is 6.10 Å². The number of fused-ring (bicyclic) bond motifs is 1. The average Bonchev–Trinajstić information content (AvgIpc) is 2.68. The summed E-state index contributed by atoms with van der Waals surface area (Å²) in [4.78, 5) is 2.41. The fraction of sp³-hybridized carbons (Fsp3) is 0.579. The molecule has 1 aromatic carbocycles. The highest BCUT2D eigenvalue weighted by Crippen LogP contribution is 2.36. The minimum Gasteiger partial charge on any atom is -0.487 e. The zero-order valence-corrected chi connectivity index (χ0v) is 15.8. The maximum Gasteiger partial charge on any atom is 0.168 e. The number of nitrogens with zero attached hydrogens (tertiary/aromatic N) is 1. The fourth-order valence-electron chi connectivity index (χ4n) is 3.39. The van der Waals surface area contributed by atoms with Gasteiger partial charge in [-0.05, 0) is 17.7 Å². The maximum absolute atomic E-state index is 6.04. The molecule has 144 valence electrons. The lowest BCUT2D eigenvalue weighted by Crippen LogP contribution is -2.41. The van der Waals surface area contributed by atoms with Crippen LogP contribution in [0, 0.1) is 0 Å². The Labute approximate surface area is 160 Å². The third-order valence-corrected chi connectivity index (χ3v) is 4.73. The molecule has 3 aliphatic heterocycles. The van der Waals surface area contributed by atoms with Crippen molar-refractivity contribution in [1.82, 2.24) is 10.2 Å². The Balaban J connectivity index is 0.00000196. The van der Waals surface area contributed by atoms with Gasteiger partial charge in [0.05, 0.1) is 19.8 Å². The van der Waals surface area contributed by atoms with Gasteiger partial charge in [0.15, 0.2) is 11.5 Å². The second-order valence-corrected chi connectivity index (χ2v) is 6.66. The Morgan fingerprint density at radius 1 is 1.19 bits per heavy atom. The lowest BCUT2D eigenvalue weighted by atomic mass is 10.1. The van der Waals surface area contributed by atoms with E-state index in [1.807, 2.05) is 12.1 Å². The first-order chi connectivity index (χ1) is 12.4. The molecule has 6 nitrogen and oxygen atoms in total. The average molecular weight is 383 g/mol. The lowest BCUT2D eigenvalue weighted by molar-refractivity contribution is -0.000377. The van der Waals surface area contributed by atoms with E-state index in [9.17, 15) is 0 Å². The molecule has 4 rings (SSSR count). The van der Waals surface area contributed by atoms with E-state index in [1.165, 1.54) is 5.57 Å². The van der Waals surface area contributed by atoms with Crippen LogP contribution >= 0.6 is 12.4 Å². The molecule has 3 heterocycles. The molecule has 0 radical (unpaired) electrons. The van der Waals surface area contributed by atoms with E-state index in [0.29, 0.717) is 13.2 Å². The summed E-state index contributed by atoms with van der Waals surface area (Å²) in [5.41, 5.74) is 2.39. The number of ether oxygens (including phenoxy) is 4. The molecule has 2 fully saturated rings. The Morgan fingerprint density at radius 2 is 2.08 bits per heavy atom. The van der Waals surface area contributed by atoms with E-state index >= 15 is 0 Å². The van der Waals surface area contributed by atoms with Crippen molar-refractivity contribution in [3.8, 4) is 11.5 Å². The van der Waals surface area contributed by atoms with Crippen molar-refractivity contribution in [2.24, 2.45) is 0 Å². The Morgan fingerprint density at radius 3 is 2.88 bits per heavy atom. The van der Waals surface area contributed by atoms with Crippen molar-refractivity contribution < 1.29 is 18.9 Å². The molecule has 1 aromatic rings. The number of rotatable bonds is 5. The molecule has 0 saturated carbocycles. The van der Waals surface area contributed by atoms with Gasteiger partial charge in [0.2, 0.25) is 0 Å². The van der Waals surface area contributed by atoms with Crippen LogP contribution < -0.4 is 14.8 Å². The van der Waals surface area contributed by atoms with E-state index in [1.54, 1.807) is 0 Å². The van der Waals surface area contributed by atoms with Gasteiger partial charge in [-0.1, -0.05) is 12.1 Å². The number of hydrogen-bond donors (Lipinski definition) is 1. The normalized spacial score (nSPS) is 23.2. The SMILES string of the molecule is C1=C(CN2CCOCC2)COc2c1cccc2OC[C@@H]1CNCCO1.Cl. The summed E-state index contributed by atoms with van der Waals surface area (Å²) in [7, 11) is 0. The molecule has 0 unspecified atom stereocenters. The van der Waals surface area contributed by atoms with Crippen LogP contribution in [0.3, 0.4) is 0 Å². The fourth-order valence-corrected chi connectivity index (χ4v) is 3.39. The number of hydrogen-bond acceptors (Lipinski definition) is 6. The molecule has 0 bridgehead atoms. The Kier molecular flexibility index (Phi) is 7.16. The van der Waals surface area contributed by atoms with Crippen LogP contribution in [0.2, 0.25) is 0 Å². The monoisotopic (exact) mass is 382 g/mol. The van der Waals surface area contributed by atoms with Crippen LogP contribution in [-0.4, -0.2) is 76.8 Å². The summed E-state index contributed by atoms with van der Waals surface area (Å²) in [5, 5.41) is 3.32. The highest BCUT2D eigenvalue weighted by molar-refractivity contribution is 5.85. The molecule has 0 aliphatic carbocycles. The molecule has 3 aliphatic rings. The van der Waals surface area contributed by atoms with Gasteiger partial charge in [0.25, 0.3) is 0 Å². The molecular weight excluding hydrogens is 356 g/mol. The van der Waals surface area contributed by atoms with Gasteiger partial charge >= 0.3 is 0 Å². The molecule has 1 N–H and O–H groups in total. The number of para-hydroxylation sites is 1. The summed E-state index contributed by atoms with van der Waals surface area (Å²) in [6.07, 6.45) is 2.33. The van der Waals surface area contributed by atoms with Crippen LogP contribution in [0.4, 0.5) is 0 Å². The maximum atomic E-state index is 6.04. The van der Waals surface area contributed by atoms with Crippen molar-refractivity contribution in [2.75, 3.05) is 65.8 Å². The summed E-state index contributed by atoms with van der Waals surface area (Å²) in [6, 6.07) is 6.07. The molecule has 26 heavy (non-hydrogen) atoms. The summed E-state index contributed by atoms with van der Waals surface area (Å²) < 4.78 is 23.1. The first kappa shape index (κ1) is 19.5. The largest absolute Gasteiger partial charge is 0.487 e. The number of halogens is 1. The topological polar surface area (TPSA) is 52.2 Å². The first-order valence-electron chi connectivity index (χ1n) is 9.09. The summed E-state index contributed by atoms with van der Waals surface area (Å²) in [6.45, 7) is 8.20. The molecule has 2 saturated heterocycles. The second-order valence-electron chi connectivity index (χ2n) is 6.66. The van der Waals surface area contributed by atoms with Gasteiger partial charge in [0, 0.05) is 38.3 Å². The lowest BCUT2D eigenvalue weighted by Gasteiger charge is -2.29. The number of benzene rings is 1. The first-order valence-corrected chi connectivity index (χ1v) is 9.09. The van der Waals surface area contributed by atoms with Crippen LogP contribution in [0.5, 0.6) is 11.5 Å². The highest BCUT2D eigenvalue weighted by atomic mass is 35.5. The molecular formula is C19H27ClN2O4. The second kappa shape index (κ2) is 9.58. The predicted octanol–water partition coefficient (Wildman–Crippen LogP) is 1.58. The van der Waals surface area contributed by atoms with Gasteiger partial charge in [-0.15, -0.1) is 12.4 Å². The third-order valence-electron chi connectivity index (χ3n) is 4.73. The van der Waals surface area contributed by atoms with Crippen LogP contribution in [-0.2, 0) is 9.47 Å². The van der Waals surface area contributed by atoms with E-state index in [0.717, 1.165) is 69.6 Å². The van der Waals surface area contributed by atoms with Gasteiger partial charge in [0.1, 0.15) is 19.3 Å². The summed E-state index contributed by atoms with van der Waals surface area (Å²) >= 11 is 0. The van der Waals surface area contributed by atoms with Gasteiger partial charge in [-0.25, -0.2) is 0 Å². The molecule has 7 heteroatoms. The van der Waals surface area contributed by atoms with E-state index in [-0.39, 0.29) is 18.5 Å². The van der Waals surface area contributed by atoms with Crippen LogP contribution in [0.15, 0.2) is 23.8 Å². The number of morpholine rings is 2. The Hall–Kier alpha value is -1.31. The zero-order valence-electron chi connectivity index (χ0n) is 14.9. The van der Waals surface area contributed by atoms with Crippen LogP contribution in [0.1, 0.15) is 5.56 Å². The van der Waals surface area contributed by atoms with Crippen molar-refractivity contribution in [1.29, 1.82) is 0 Å². The predicted molar refractivity (Wildman–Crippen MR) is 103 cm³/mol. The van der Waals surface area contributed by atoms with Gasteiger partial charge < -0.3 is 24.3 Å². The Bertz CT molecular complexity index is 614. The summed E-state index contributed by atoms with van der Waals surface area (Å²) in [5.74, 6) is 1.64. The number of nitrogens with one attached hydrogen (secondary N) is 1. The van der Waals surface area contributed by atoms with Crippen molar-refractivity contribution >= 4 is 18.5 Å². The minimum absolute atomic E-state index is 0. The van der Waals surface area contributed by atoms with Gasteiger partial charge in [-0.3, -0.25) is 4.90 Å². The third kappa shape index (κ3) is 4.90. The highest BCUT2D eigenvalue weighted by Gasteiger charge is 2.20. The van der Waals surface area contributed by atoms with E-state index < -0.39 is 0 Å². The molecule has 0 aromatic heterocycles. The van der Waals surface area contributed by atoms with Gasteiger partial charge in [-0.2, -0.15) is 0 Å².